The van der Waals surface area contributed by atoms with Gasteiger partial charge in [0.05, 0.1) is 0 Å². The van der Waals surface area contributed by atoms with Crippen LogP contribution in [0.5, 0.6) is 5.75 Å². The van der Waals surface area contributed by atoms with Crippen molar-refractivity contribution < 1.29 is 14.3 Å². The molecule has 1 saturated heterocycles. The fourth-order valence-electron chi connectivity index (χ4n) is 8.48. The predicted octanol–water partition coefficient (Wildman–Crippen LogP) is 6.82. The average Bonchev–Trinajstić information content (AvgIpc) is 3.52. The van der Waals surface area contributed by atoms with Gasteiger partial charge in [0.1, 0.15) is 5.75 Å². The Bertz CT molecular complexity index is 1130. The summed E-state index contributed by atoms with van der Waals surface area (Å²) < 4.78 is 5.75. The van der Waals surface area contributed by atoms with E-state index in [1.807, 2.05) is 29.2 Å². The van der Waals surface area contributed by atoms with E-state index >= 15 is 0 Å². The lowest BCUT2D eigenvalue weighted by Gasteiger charge is -2.56. The molecule has 6 rings (SSSR count). The highest BCUT2D eigenvalue weighted by Gasteiger charge is 2.59. The van der Waals surface area contributed by atoms with Gasteiger partial charge in [-0.15, -0.1) is 11.6 Å². The molecule has 3 saturated carbocycles. The van der Waals surface area contributed by atoms with Crippen molar-refractivity contribution in [2.45, 2.75) is 77.0 Å². The lowest BCUT2D eigenvalue weighted by atomic mass is 9.48. The Morgan fingerprint density at radius 1 is 1.05 bits per heavy atom. The Labute approximate surface area is 226 Å². The number of rotatable bonds is 4. The van der Waals surface area contributed by atoms with Crippen molar-refractivity contribution in [3.8, 4) is 5.75 Å². The summed E-state index contributed by atoms with van der Waals surface area (Å²) in [6, 6.07) is 7.83. The van der Waals surface area contributed by atoms with Crippen LogP contribution in [0, 0.1) is 28.6 Å². The number of likely N-dealkylation sites (tertiary alicyclic amines) is 1. The van der Waals surface area contributed by atoms with Crippen LogP contribution in [-0.4, -0.2) is 41.7 Å². The van der Waals surface area contributed by atoms with Gasteiger partial charge in [-0.1, -0.05) is 37.6 Å². The number of alkyl halides is 1. The molecule has 0 aromatic heterocycles. The minimum atomic E-state index is -0.239. The number of allylic oxidation sites excluding steroid dienone is 3. The summed E-state index contributed by atoms with van der Waals surface area (Å²) in [6.45, 7) is 6.49. The Hall–Kier alpha value is -2.07. The van der Waals surface area contributed by atoms with E-state index in [0.29, 0.717) is 29.3 Å². The van der Waals surface area contributed by atoms with Crippen LogP contribution < -0.4 is 4.74 Å². The van der Waals surface area contributed by atoms with Crippen molar-refractivity contribution in [1.29, 1.82) is 0 Å². The van der Waals surface area contributed by atoms with E-state index in [9.17, 15) is 9.59 Å². The summed E-state index contributed by atoms with van der Waals surface area (Å²) in [5.74, 6) is 2.79. The molecule has 0 bridgehead atoms. The van der Waals surface area contributed by atoms with Crippen LogP contribution in [0.15, 0.2) is 41.5 Å². The zero-order valence-electron chi connectivity index (χ0n) is 22.3. The van der Waals surface area contributed by atoms with E-state index in [1.165, 1.54) is 6.42 Å². The average molecular weight is 522 g/mol. The number of carbonyl (C=O) groups is 2. The highest BCUT2D eigenvalue weighted by molar-refractivity contribution is 6.20. The summed E-state index contributed by atoms with van der Waals surface area (Å²) in [7, 11) is 0. The largest absolute Gasteiger partial charge is 0.484 e. The molecule has 0 N–H and O–H groups in total. The monoisotopic (exact) mass is 521 g/mol. The zero-order chi connectivity index (χ0) is 25.8. The van der Waals surface area contributed by atoms with Crippen LogP contribution in [-0.2, 0) is 9.59 Å². The first kappa shape index (κ1) is 25.2. The molecule has 4 nitrogen and oxygen atoms in total. The van der Waals surface area contributed by atoms with Gasteiger partial charge in [0.15, 0.2) is 12.4 Å². The number of fused-ring (bicyclic) bond motifs is 5. The van der Waals surface area contributed by atoms with Crippen LogP contribution in [0.2, 0.25) is 0 Å². The molecular weight excluding hydrogens is 482 g/mol. The van der Waals surface area contributed by atoms with Gasteiger partial charge in [-0.3, -0.25) is 9.59 Å². The number of hydrogen-bond acceptors (Lipinski definition) is 3. The van der Waals surface area contributed by atoms with Crippen molar-refractivity contribution in [3.05, 3.63) is 47.1 Å². The first-order valence-electron chi connectivity index (χ1n) is 14.4. The minimum Gasteiger partial charge on any atom is -0.484 e. The molecule has 5 aliphatic rings. The summed E-state index contributed by atoms with van der Waals surface area (Å²) in [6.07, 6.45) is 14.2. The normalized spacial score (nSPS) is 38.1. The number of ether oxygens (including phenoxy) is 1. The number of hydrogen-bond donors (Lipinski definition) is 0. The van der Waals surface area contributed by atoms with Gasteiger partial charge in [0.25, 0.3) is 5.91 Å². The quantitative estimate of drug-likeness (QED) is 0.248. The molecule has 198 valence electrons. The maximum absolute atomic E-state index is 13.7. The number of nitrogens with zero attached hydrogens (tertiary/aromatic N) is 1. The van der Waals surface area contributed by atoms with E-state index < -0.39 is 0 Å². The topological polar surface area (TPSA) is 46.6 Å². The number of carbonyl (C=O) groups excluding carboxylic acids is 2. The lowest BCUT2D eigenvalue weighted by molar-refractivity contribution is -0.132. The molecule has 1 aromatic carbocycles. The minimum absolute atomic E-state index is 0.0589. The fraction of sp³-hybridized carbons (Fsp3) is 0.625. The van der Waals surface area contributed by atoms with E-state index in [1.54, 1.807) is 5.57 Å². The van der Waals surface area contributed by atoms with E-state index in [4.69, 9.17) is 16.3 Å². The second-order valence-electron chi connectivity index (χ2n) is 12.7. The molecule has 5 heteroatoms. The Morgan fingerprint density at radius 3 is 2.54 bits per heavy atom. The van der Waals surface area contributed by atoms with Gasteiger partial charge in [0.2, 0.25) is 0 Å². The number of Topliss-reactive ketones (excluding diaryl/α,β-unsaturated/α-hetero) is 1. The Morgan fingerprint density at radius 2 is 1.78 bits per heavy atom. The van der Waals surface area contributed by atoms with Crippen molar-refractivity contribution in [2.24, 2.45) is 28.6 Å². The molecular formula is C32H40ClNO3. The first-order valence-corrected chi connectivity index (χ1v) is 14.8. The van der Waals surface area contributed by atoms with Crippen molar-refractivity contribution >= 4 is 29.4 Å². The highest BCUT2D eigenvalue weighted by atomic mass is 35.5. The van der Waals surface area contributed by atoms with Gasteiger partial charge >= 0.3 is 0 Å². The van der Waals surface area contributed by atoms with Gasteiger partial charge in [-0.2, -0.15) is 0 Å². The van der Waals surface area contributed by atoms with Crippen molar-refractivity contribution in [3.63, 3.8) is 0 Å². The molecule has 0 spiro atoms. The zero-order valence-corrected chi connectivity index (χ0v) is 23.1. The van der Waals surface area contributed by atoms with Crippen LogP contribution >= 0.6 is 11.6 Å². The number of halogens is 1. The van der Waals surface area contributed by atoms with E-state index in [2.05, 4.69) is 26.0 Å². The summed E-state index contributed by atoms with van der Waals surface area (Å²) in [5.41, 5.74) is 3.62. The molecule has 1 unspecified atom stereocenters. The molecule has 6 atom stereocenters. The summed E-state index contributed by atoms with van der Waals surface area (Å²) >= 11 is 6.55. The standard InChI is InChI=1S/C32H40ClNO3/c1-31-13-11-24(33)19-23(31)7-10-26-27(31)12-14-32(2)28(26)18-22(30(32)36)17-21-5-8-25(9-6-21)37-20-29(35)34-15-3-4-16-34/h5-9,17,24,26-28H,3-4,10-16,18-20H2,1-2H3/b22-17+/t24?,26-,27+,28+,31+,32+/m1/s1. The maximum atomic E-state index is 13.7. The summed E-state index contributed by atoms with van der Waals surface area (Å²) in [4.78, 5) is 27.9. The van der Waals surface area contributed by atoms with Crippen LogP contribution in [0.25, 0.3) is 6.08 Å². The third-order valence-corrected chi connectivity index (χ3v) is 11.1. The second kappa shape index (κ2) is 9.59. The van der Waals surface area contributed by atoms with E-state index in [-0.39, 0.29) is 28.7 Å². The molecule has 1 aromatic rings. The third kappa shape index (κ3) is 4.37. The van der Waals surface area contributed by atoms with E-state index in [0.717, 1.165) is 75.6 Å². The molecule has 0 radical (unpaired) electrons. The molecule has 1 heterocycles. The lowest BCUT2D eigenvalue weighted by Crippen LogP contribution is -2.50. The van der Waals surface area contributed by atoms with Gasteiger partial charge in [0, 0.05) is 23.9 Å². The maximum Gasteiger partial charge on any atom is 0.260 e. The van der Waals surface area contributed by atoms with Crippen LogP contribution in [0.4, 0.5) is 0 Å². The number of benzene rings is 1. The Kier molecular flexibility index (Phi) is 6.54. The SMILES string of the molecule is C[C@]12CCC(Cl)CC1=CC[C@@H]1[C@@H]2CC[C@]2(C)C(=O)/C(=C/c3ccc(OCC(=O)N4CCCC4)cc3)C[C@@H]12. The second-order valence-corrected chi connectivity index (χ2v) is 13.3. The van der Waals surface area contributed by atoms with Crippen molar-refractivity contribution in [1.82, 2.24) is 4.90 Å². The van der Waals surface area contributed by atoms with Crippen LogP contribution in [0.1, 0.15) is 77.2 Å². The number of ketones is 1. The Balaban J connectivity index is 1.16. The molecule has 4 aliphatic carbocycles. The van der Waals surface area contributed by atoms with Gasteiger partial charge in [-0.25, -0.2) is 0 Å². The third-order valence-electron chi connectivity index (χ3n) is 10.7. The summed E-state index contributed by atoms with van der Waals surface area (Å²) in [5, 5.41) is 0.287. The van der Waals surface area contributed by atoms with Crippen molar-refractivity contribution in [2.75, 3.05) is 19.7 Å². The highest BCUT2D eigenvalue weighted by Crippen LogP contribution is 2.65. The molecule has 1 amide bonds. The number of amides is 1. The molecule has 37 heavy (non-hydrogen) atoms. The predicted molar refractivity (Wildman–Crippen MR) is 147 cm³/mol. The smallest absolute Gasteiger partial charge is 0.260 e. The van der Waals surface area contributed by atoms with Gasteiger partial charge < -0.3 is 9.64 Å². The van der Waals surface area contributed by atoms with Gasteiger partial charge in [-0.05, 0) is 110 Å². The fourth-order valence-corrected chi connectivity index (χ4v) is 8.76. The first-order chi connectivity index (χ1) is 17.8. The molecule has 4 fully saturated rings. The molecule has 1 aliphatic heterocycles. The van der Waals surface area contributed by atoms with Crippen LogP contribution in [0.3, 0.4) is 0 Å².